The molecule has 2 N–H and O–H groups in total. The number of amides is 1. The molecule has 8 nitrogen and oxygen atoms in total. The Hall–Kier alpha value is -2.22. The van der Waals surface area contributed by atoms with E-state index in [4.69, 9.17) is 9.26 Å². The first-order valence-corrected chi connectivity index (χ1v) is 7.34. The zero-order chi connectivity index (χ0) is 15.5. The highest BCUT2D eigenvalue weighted by Crippen LogP contribution is 2.29. The number of nitrogens with one attached hydrogen (secondary N) is 2. The van der Waals surface area contributed by atoms with E-state index in [2.05, 4.69) is 25.4 Å². The second kappa shape index (κ2) is 6.27. The maximum Gasteiger partial charge on any atom is 0.270 e. The molecule has 1 saturated heterocycles. The van der Waals surface area contributed by atoms with Gasteiger partial charge in [0.25, 0.3) is 5.91 Å². The van der Waals surface area contributed by atoms with Crippen LogP contribution in [0.2, 0.25) is 0 Å². The summed E-state index contributed by atoms with van der Waals surface area (Å²) < 4.78 is 10.7. The monoisotopic (exact) mass is 305 g/mol. The Kier molecular flexibility index (Phi) is 4.19. The van der Waals surface area contributed by atoms with Gasteiger partial charge in [-0.15, -0.1) is 0 Å². The minimum absolute atomic E-state index is 0.210. The Balaban J connectivity index is 1.80. The molecule has 1 fully saturated rings. The number of aryl methyl sites for hydroxylation is 2. The summed E-state index contributed by atoms with van der Waals surface area (Å²) in [6.07, 6.45) is 3.20. The second-order valence-electron chi connectivity index (χ2n) is 5.46. The van der Waals surface area contributed by atoms with Crippen LogP contribution in [0, 0.1) is 19.8 Å². The molecule has 0 spiro atoms. The van der Waals surface area contributed by atoms with Crippen LogP contribution in [0.15, 0.2) is 10.7 Å². The first-order valence-electron chi connectivity index (χ1n) is 7.34. The smallest absolute Gasteiger partial charge is 0.270 e. The lowest BCUT2D eigenvalue weighted by Crippen LogP contribution is -2.36. The van der Waals surface area contributed by atoms with Gasteiger partial charge in [0, 0.05) is 13.2 Å². The molecule has 2 aromatic heterocycles. The zero-order valence-corrected chi connectivity index (χ0v) is 12.6. The summed E-state index contributed by atoms with van der Waals surface area (Å²) in [7, 11) is 0. The van der Waals surface area contributed by atoms with Gasteiger partial charge in [0.1, 0.15) is 17.6 Å². The lowest BCUT2D eigenvalue weighted by Gasteiger charge is -2.28. The van der Waals surface area contributed by atoms with Crippen molar-refractivity contribution < 1.29 is 14.1 Å². The Morgan fingerprint density at radius 2 is 2.18 bits per heavy atom. The van der Waals surface area contributed by atoms with Crippen molar-refractivity contribution in [2.24, 2.45) is 5.92 Å². The van der Waals surface area contributed by atoms with E-state index in [1.54, 1.807) is 13.8 Å². The van der Waals surface area contributed by atoms with E-state index in [1.165, 1.54) is 6.20 Å². The van der Waals surface area contributed by atoms with Crippen molar-refractivity contribution in [2.45, 2.75) is 32.7 Å². The van der Waals surface area contributed by atoms with Crippen LogP contribution in [0.5, 0.6) is 0 Å². The van der Waals surface area contributed by atoms with Crippen LogP contribution in [0.3, 0.4) is 0 Å². The number of rotatable bonds is 4. The Morgan fingerprint density at radius 3 is 2.77 bits per heavy atom. The van der Waals surface area contributed by atoms with E-state index < -0.39 is 0 Å². The van der Waals surface area contributed by atoms with Gasteiger partial charge < -0.3 is 19.6 Å². The van der Waals surface area contributed by atoms with Crippen LogP contribution in [0.25, 0.3) is 0 Å². The first-order chi connectivity index (χ1) is 10.6. The van der Waals surface area contributed by atoms with Crippen LogP contribution < -0.4 is 5.32 Å². The maximum atomic E-state index is 12.4. The number of hydrogen-bond acceptors (Lipinski definition) is 6. The molecule has 0 unspecified atom stereocenters. The molecular formula is C14H19N5O3. The third-order valence-corrected chi connectivity index (χ3v) is 3.78. The summed E-state index contributed by atoms with van der Waals surface area (Å²) in [5.41, 5.74) is 0.422. The molecule has 0 aromatic carbocycles. The number of nitrogens with zero attached hydrogens (tertiary/aromatic N) is 3. The standard InChI is InChI=1S/C14H19N5O3/c1-8-15-7-11(16-8)13(20)18-12(10-3-5-21-6-4-10)14-17-9(2)19-22-14/h7,10,12H,3-6H2,1-2H3,(H,15,16)(H,18,20)/t12-/m1/s1. The van der Waals surface area contributed by atoms with E-state index in [0.29, 0.717) is 36.4 Å². The van der Waals surface area contributed by atoms with Crippen molar-refractivity contribution in [1.82, 2.24) is 25.4 Å². The molecule has 0 radical (unpaired) electrons. The number of aromatic nitrogens is 4. The van der Waals surface area contributed by atoms with Gasteiger partial charge in [-0.1, -0.05) is 5.16 Å². The number of carbonyl (C=O) groups excluding carboxylic acids is 1. The number of aromatic amines is 1. The second-order valence-corrected chi connectivity index (χ2v) is 5.46. The SMILES string of the molecule is Cc1noc([C@H](NC(=O)c2cnc(C)[nH]2)C2CCOCC2)n1. The van der Waals surface area contributed by atoms with Crippen molar-refractivity contribution >= 4 is 5.91 Å². The molecule has 3 rings (SSSR count). The molecule has 22 heavy (non-hydrogen) atoms. The summed E-state index contributed by atoms with van der Waals surface area (Å²) in [6, 6.07) is -0.318. The molecule has 118 valence electrons. The van der Waals surface area contributed by atoms with Crippen molar-refractivity contribution in [3.63, 3.8) is 0 Å². The van der Waals surface area contributed by atoms with Crippen LogP contribution >= 0.6 is 0 Å². The third kappa shape index (κ3) is 3.16. The highest BCUT2D eigenvalue weighted by molar-refractivity contribution is 5.92. The van der Waals surface area contributed by atoms with Gasteiger partial charge in [-0.2, -0.15) is 4.98 Å². The highest BCUT2D eigenvalue weighted by Gasteiger charge is 2.31. The van der Waals surface area contributed by atoms with Crippen LogP contribution in [0.4, 0.5) is 0 Å². The van der Waals surface area contributed by atoms with Gasteiger partial charge in [-0.3, -0.25) is 4.79 Å². The number of H-pyrrole nitrogens is 1. The minimum atomic E-state index is -0.318. The topological polar surface area (TPSA) is 106 Å². The fourth-order valence-corrected chi connectivity index (χ4v) is 2.63. The van der Waals surface area contributed by atoms with E-state index in [-0.39, 0.29) is 17.9 Å². The average molecular weight is 305 g/mol. The summed E-state index contributed by atoms with van der Waals surface area (Å²) >= 11 is 0. The number of hydrogen-bond donors (Lipinski definition) is 2. The van der Waals surface area contributed by atoms with E-state index in [1.807, 2.05) is 0 Å². The Bertz CT molecular complexity index is 644. The molecular weight excluding hydrogens is 286 g/mol. The quantitative estimate of drug-likeness (QED) is 0.882. The molecule has 1 aliphatic rings. The van der Waals surface area contributed by atoms with Crippen molar-refractivity contribution in [3.05, 3.63) is 29.4 Å². The largest absolute Gasteiger partial charge is 0.381 e. The number of imidazole rings is 1. The molecule has 3 heterocycles. The molecule has 2 aromatic rings. The molecule has 0 saturated carbocycles. The van der Waals surface area contributed by atoms with Crippen molar-refractivity contribution in [3.8, 4) is 0 Å². The van der Waals surface area contributed by atoms with Gasteiger partial charge in [0.15, 0.2) is 5.82 Å². The summed E-state index contributed by atoms with van der Waals surface area (Å²) in [5.74, 6) is 1.67. The lowest BCUT2D eigenvalue weighted by atomic mass is 9.91. The van der Waals surface area contributed by atoms with Crippen molar-refractivity contribution in [2.75, 3.05) is 13.2 Å². The van der Waals surface area contributed by atoms with Crippen molar-refractivity contribution in [1.29, 1.82) is 0 Å². The molecule has 0 aliphatic carbocycles. The zero-order valence-electron chi connectivity index (χ0n) is 12.6. The summed E-state index contributed by atoms with van der Waals surface area (Å²) in [5, 5.41) is 6.81. The van der Waals surface area contributed by atoms with Gasteiger partial charge >= 0.3 is 0 Å². The molecule has 1 amide bonds. The predicted molar refractivity (Wildman–Crippen MR) is 76.1 cm³/mol. The normalized spacial score (nSPS) is 17.4. The summed E-state index contributed by atoms with van der Waals surface area (Å²) in [4.78, 5) is 23.6. The fourth-order valence-electron chi connectivity index (χ4n) is 2.63. The number of ether oxygens (including phenoxy) is 1. The average Bonchev–Trinajstić information content (AvgIpc) is 3.14. The molecule has 8 heteroatoms. The van der Waals surface area contributed by atoms with Crippen LogP contribution in [0.1, 0.15) is 46.9 Å². The lowest BCUT2D eigenvalue weighted by molar-refractivity contribution is 0.0467. The van der Waals surface area contributed by atoms with Crippen LogP contribution in [-0.4, -0.2) is 39.2 Å². The molecule has 1 atom stereocenters. The van der Waals surface area contributed by atoms with Crippen LogP contribution in [-0.2, 0) is 4.74 Å². The Labute approximate surface area is 127 Å². The van der Waals surface area contributed by atoms with Gasteiger partial charge in [-0.25, -0.2) is 4.98 Å². The number of carbonyl (C=O) groups is 1. The van der Waals surface area contributed by atoms with E-state index in [9.17, 15) is 4.79 Å². The first kappa shape index (κ1) is 14.7. The fraction of sp³-hybridized carbons (Fsp3) is 0.571. The molecule has 0 bridgehead atoms. The van der Waals surface area contributed by atoms with Gasteiger partial charge in [0.2, 0.25) is 5.89 Å². The van der Waals surface area contributed by atoms with Gasteiger partial charge in [0.05, 0.1) is 6.20 Å². The Morgan fingerprint density at radius 1 is 1.41 bits per heavy atom. The third-order valence-electron chi connectivity index (χ3n) is 3.78. The van der Waals surface area contributed by atoms with Gasteiger partial charge in [-0.05, 0) is 32.6 Å². The van der Waals surface area contributed by atoms with E-state index in [0.717, 1.165) is 12.8 Å². The predicted octanol–water partition coefficient (Wildman–Crippen LogP) is 1.31. The molecule has 1 aliphatic heterocycles. The maximum absolute atomic E-state index is 12.4. The highest BCUT2D eigenvalue weighted by atomic mass is 16.5. The van der Waals surface area contributed by atoms with E-state index >= 15 is 0 Å². The minimum Gasteiger partial charge on any atom is -0.381 e. The summed E-state index contributed by atoms with van der Waals surface area (Å²) in [6.45, 7) is 4.91.